The number of carboxylic acids is 1. The van der Waals surface area contributed by atoms with Crippen LogP contribution in [0, 0.1) is 5.92 Å². The molecule has 1 saturated carbocycles. The van der Waals surface area contributed by atoms with Crippen molar-refractivity contribution in [2.75, 3.05) is 0 Å². The zero-order valence-electron chi connectivity index (χ0n) is 10.8. The van der Waals surface area contributed by atoms with Crippen molar-refractivity contribution in [1.29, 1.82) is 0 Å². The molecular weight excluding hydrogens is 246 g/mol. The van der Waals surface area contributed by atoms with E-state index in [4.69, 9.17) is 5.11 Å². The van der Waals surface area contributed by atoms with Gasteiger partial charge >= 0.3 is 5.97 Å². The molecule has 0 radical (unpaired) electrons. The highest BCUT2D eigenvalue weighted by atomic mass is 16.4. The molecular formula is C13H17N3O3. The fourth-order valence-electron chi connectivity index (χ4n) is 1.82. The molecule has 1 heterocycles. The smallest absolute Gasteiger partial charge is 0.356 e. The van der Waals surface area contributed by atoms with Crippen LogP contribution in [0.2, 0.25) is 0 Å². The first-order valence-corrected chi connectivity index (χ1v) is 6.42. The number of aromatic nitrogens is 2. The minimum atomic E-state index is -1.16. The molecule has 1 unspecified atom stereocenters. The van der Waals surface area contributed by atoms with Gasteiger partial charge in [0.1, 0.15) is 5.69 Å². The van der Waals surface area contributed by atoms with Crippen LogP contribution in [0.1, 0.15) is 53.6 Å². The first kappa shape index (κ1) is 13.5. The quantitative estimate of drug-likeness (QED) is 0.811. The maximum atomic E-state index is 11.8. The van der Waals surface area contributed by atoms with Gasteiger partial charge in [-0.1, -0.05) is 12.8 Å². The lowest BCUT2D eigenvalue weighted by Crippen LogP contribution is -2.33. The number of hydrogen-bond acceptors (Lipinski definition) is 4. The van der Waals surface area contributed by atoms with Gasteiger partial charge < -0.3 is 10.4 Å². The minimum Gasteiger partial charge on any atom is -0.476 e. The Labute approximate surface area is 111 Å². The molecule has 1 aliphatic rings. The van der Waals surface area contributed by atoms with Gasteiger partial charge in [0, 0.05) is 6.04 Å². The summed E-state index contributed by atoms with van der Waals surface area (Å²) in [6, 6.07) is 0.0917. The summed E-state index contributed by atoms with van der Waals surface area (Å²) in [7, 11) is 0. The molecule has 0 saturated heterocycles. The van der Waals surface area contributed by atoms with E-state index in [9.17, 15) is 9.59 Å². The highest BCUT2D eigenvalue weighted by Crippen LogP contribution is 2.33. The number of carbonyl (C=O) groups is 2. The second-order valence-electron chi connectivity index (χ2n) is 4.99. The highest BCUT2D eigenvalue weighted by Gasteiger charge is 2.22. The largest absolute Gasteiger partial charge is 0.476 e. The number of rotatable bonds is 6. The zero-order valence-corrected chi connectivity index (χ0v) is 10.8. The molecule has 1 aromatic heterocycles. The molecule has 1 fully saturated rings. The van der Waals surface area contributed by atoms with E-state index in [1.807, 2.05) is 6.92 Å². The van der Waals surface area contributed by atoms with E-state index in [1.54, 1.807) is 0 Å². The number of aromatic carboxylic acids is 1. The molecule has 0 bridgehead atoms. The van der Waals surface area contributed by atoms with Crippen molar-refractivity contribution in [3.63, 3.8) is 0 Å². The van der Waals surface area contributed by atoms with Gasteiger partial charge in [-0.2, -0.15) is 0 Å². The molecule has 1 amide bonds. The standard InChI is InChI=1S/C13H17N3O3/c1-8(2-3-9-4-5-9)16-12(17)10-6-15-11(7-14-10)13(18)19/h6-9H,2-5H2,1H3,(H,16,17)(H,18,19). The van der Waals surface area contributed by atoms with E-state index in [1.165, 1.54) is 19.0 Å². The lowest BCUT2D eigenvalue weighted by Gasteiger charge is -2.12. The third-order valence-electron chi connectivity index (χ3n) is 3.19. The van der Waals surface area contributed by atoms with E-state index in [-0.39, 0.29) is 23.3 Å². The minimum absolute atomic E-state index is 0.0917. The van der Waals surface area contributed by atoms with Crippen molar-refractivity contribution >= 4 is 11.9 Å². The molecule has 1 atom stereocenters. The Bertz CT molecular complexity index is 469. The maximum absolute atomic E-state index is 11.8. The molecule has 0 aromatic carbocycles. The third-order valence-corrected chi connectivity index (χ3v) is 3.19. The lowest BCUT2D eigenvalue weighted by molar-refractivity contribution is 0.0689. The predicted molar refractivity (Wildman–Crippen MR) is 67.9 cm³/mol. The fourth-order valence-corrected chi connectivity index (χ4v) is 1.82. The second-order valence-corrected chi connectivity index (χ2v) is 4.99. The highest BCUT2D eigenvalue weighted by molar-refractivity contribution is 5.92. The van der Waals surface area contributed by atoms with Gasteiger partial charge in [-0.15, -0.1) is 0 Å². The summed E-state index contributed by atoms with van der Waals surface area (Å²) in [6.07, 6.45) is 6.99. The van der Waals surface area contributed by atoms with E-state index in [0.29, 0.717) is 0 Å². The van der Waals surface area contributed by atoms with Crippen molar-refractivity contribution < 1.29 is 14.7 Å². The number of nitrogens with one attached hydrogen (secondary N) is 1. The molecule has 19 heavy (non-hydrogen) atoms. The van der Waals surface area contributed by atoms with Crippen molar-refractivity contribution in [3.05, 3.63) is 23.8 Å². The molecule has 1 aromatic rings. The molecule has 6 heteroatoms. The number of nitrogens with zero attached hydrogens (tertiary/aromatic N) is 2. The number of carboxylic acid groups (broad SMARTS) is 1. The SMILES string of the molecule is CC(CCC1CC1)NC(=O)c1cnc(C(=O)O)cn1. The van der Waals surface area contributed by atoms with Crippen LogP contribution in [0.4, 0.5) is 0 Å². The van der Waals surface area contributed by atoms with Gasteiger partial charge in [-0.25, -0.2) is 14.8 Å². The zero-order chi connectivity index (χ0) is 13.8. The van der Waals surface area contributed by atoms with Crippen molar-refractivity contribution in [3.8, 4) is 0 Å². The Morgan fingerprint density at radius 3 is 2.53 bits per heavy atom. The van der Waals surface area contributed by atoms with Gasteiger partial charge in [0.2, 0.25) is 0 Å². The molecule has 1 aliphatic carbocycles. The van der Waals surface area contributed by atoms with Crippen LogP contribution in [0.3, 0.4) is 0 Å². The predicted octanol–water partition coefficient (Wildman–Crippen LogP) is 1.48. The summed E-state index contributed by atoms with van der Waals surface area (Å²) in [5.41, 5.74) is -0.0263. The first-order valence-electron chi connectivity index (χ1n) is 6.42. The van der Waals surface area contributed by atoms with Crippen LogP contribution in [0.5, 0.6) is 0 Å². The molecule has 102 valence electrons. The summed E-state index contributed by atoms with van der Waals surface area (Å²) in [5.74, 6) is -0.626. The van der Waals surface area contributed by atoms with Crippen LogP contribution in [0.25, 0.3) is 0 Å². The van der Waals surface area contributed by atoms with Crippen LogP contribution in [0.15, 0.2) is 12.4 Å². The molecule has 2 rings (SSSR count). The maximum Gasteiger partial charge on any atom is 0.356 e. The van der Waals surface area contributed by atoms with E-state index >= 15 is 0 Å². The summed E-state index contributed by atoms with van der Waals surface area (Å²) in [6.45, 7) is 1.96. The average Bonchev–Trinajstić information content (AvgIpc) is 3.20. The monoisotopic (exact) mass is 263 g/mol. The van der Waals surface area contributed by atoms with E-state index in [2.05, 4.69) is 15.3 Å². The summed E-state index contributed by atoms with van der Waals surface area (Å²) in [5, 5.41) is 11.5. The van der Waals surface area contributed by atoms with Gasteiger partial charge in [0.15, 0.2) is 5.69 Å². The third kappa shape index (κ3) is 4.01. The summed E-state index contributed by atoms with van der Waals surface area (Å²) < 4.78 is 0. The number of hydrogen-bond donors (Lipinski definition) is 2. The van der Waals surface area contributed by atoms with Crippen LogP contribution >= 0.6 is 0 Å². The molecule has 0 aliphatic heterocycles. The van der Waals surface area contributed by atoms with Crippen LogP contribution in [-0.2, 0) is 0 Å². The van der Waals surface area contributed by atoms with Crippen molar-refractivity contribution in [1.82, 2.24) is 15.3 Å². The van der Waals surface area contributed by atoms with E-state index < -0.39 is 5.97 Å². The fraction of sp³-hybridized carbons (Fsp3) is 0.538. The average molecular weight is 263 g/mol. The Balaban J connectivity index is 1.85. The van der Waals surface area contributed by atoms with Crippen LogP contribution < -0.4 is 5.32 Å². The summed E-state index contributed by atoms with van der Waals surface area (Å²) >= 11 is 0. The Hall–Kier alpha value is -1.98. The molecule has 0 spiro atoms. The Morgan fingerprint density at radius 1 is 1.37 bits per heavy atom. The number of carbonyl (C=O) groups excluding carboxylic acids is 1. The normalized spacial score (nSPS) is 15.8. The number of amides is 1. The molecule has 2 N–H and O–H groups in total. The topological polar surface area (TPSA) is 92.2 Å². The first-order chi connectivity index (χ1) is 9.06. The van der Waals surface area contributed by atoms with Crippen LogP contribution in [-0.4, -0.2) is 33.0 Å². The van der Waals surface area contributed by atoms with Gasteiger partial charge in [-0.05, 0) is 25.7 Å². The van der Waals surface area contributed by atoms with Crippen molar-refractivity contribution in [2.45, 2.75) is 38.6 Å². The Kier molecular flexibility index (Phi) is 4.09. The van der Waals surface area contributed by atoms with Gasteiger partial charge in [-0.3, -0.25) is 4.79 Å². The Morgan fingerprint density at radius 2 is 2.00 bits per heavy atom. The van der Waals surface area contributed by atoms with E-state index in [0.717, 1.165) is 25.0 Å². The summed E-state index contributed by atoms with van der Waals surface area (Å²) in [4.78, 5) is 29.9. The lowest BCUT2D eigenvalue weighted by atomic mass is 10.1. The molecule has 6 nitrogen and oxygen atoms in total. The van der Waals surface area contributed by atoms with Gasteiger partial charge in [0.25, 0.3) is 5.91 Å². The second kappa shape index (κ2) is 5.77. The van der Waals surface area contributed by atoms with Crippen molar-refractivity contribution in [2.24, 2.45) is 5.92 Å². The van der Waals surface area contributed by atoms with Gasteiger partial charge in [0.05, 0.1) is 12.4 Å².